The van der Waals surface area contributed by atoms with E-state index in [0.29, 0.717) is 22.6 Å². The van der Waals surface area contributed by atoms with Gasteiger partial charge in [-0.3, -0.25) is 0 Å². The molecule has 0 bridgehead atoms. The van der Waals surface area contributed by atoms with E-state index in [9.17, 15) is 8.78 Å². The van der Waals surface area contributed by atoms with Crippen LogP contribution < -0.4 is 5.32 Å². The van der Waals surface area contributed by atoms with Gasteiger partial charge in [0.15, 0.2) is 0 Å². The van der Waals surface area contributed by atoms with Crippen LogP contribution in [-0.4, -0.2) is 28.0 Å². The van der Waals surface area contributed by atoms with E-state index in [1.54, 1.807) is 6.92 Å². The lowest BCUT2D eigenvalue weighted by Gasteiger charge is -2.36. The number of hydrogen-bond donors (Lipinski definition) is 1. The van der Waals surface area contributed by atoms with E-state index in [1.165, 1.54) is 12.1 Å². The van der Waals surface area contributed by atoms with Crippen LogP contribution >= 0.6 is 23.5 Å². The van der Waals surface area contributed by atoms with Crippen molar-refractivity contribution in [1.29, 1.82) is 0 Å². The number of thioether (sulfide) groups is 2. The summed E-state index contributed by atoms with van der Waals surface area (Å²) in [5.74, 6) is 0.0689. The molecule has 0 aliphatic carbocycles. The zero-order valence-corrected chi connectivity index (χ0v) is 14.6. The van der Waals surface area contributed by atoms with Crippen LogP contribution in [0.2, 0.25) is 0 Å². The van der Waals surface area contributed by atoms with Gasteiger partial charge in [-0.1, -0.05) is 26.8 Å². The molecule has 5 heteroatoms. The summed E-state index contributed by atoms with van der Waals surface area (Å²) >= 11 is 3.74. The van der Waals surface area contributed by atoms with Gasteiger partial charge in [0.25, 0.3) is 0 Å². The molecule has 2 rings (SSSR count). The van der Waals surface area contributed by atoms with Crippen LogP contribution in [0, 0.1) is 18.6 Å². The van der Waals surface area contributed by atoms with Gasteiger partial charge in [0.2, 0.25) is 0 Å². The Morgan fingerprint density at radius 3 is 2.62 bits per heavy atom. The van der Waals surface area contributed by atoms with Crippen molar-refractivity contribution in [3.63, 3.8) is 0 Å². The number of halogens is 2. The summed E-state index contributed by atoms with van der Waals surface area (Å²) in [4.78, 5) is 0. The van der Waals surface area contributed by atoms with Crippen molar-refractivity contribution in [2.45, 2.75) is 49.5 Å². The minimum absolute atomic E-state index is 0.187. The van der Waals surface area contributed by atoms with E-state index in [0.717, 1.165) is 5.75 Å². The maximum Gasteiger partial charge on any atom is 0.133 e. The molecule has 1 N–H and O–H groups in total. The molecule has 0 aromatic heterocycles. The minimum atomic E-state index is -0.444. The lowest BCUT2D eigenvalue weighted by Crippen LogP contribution is -2.38. The molecule has 1 heterocycles. The van der Waals surface area contributed by atoms with Crippen LogP contribution in [0.3, 0.4) is 0 Å². The van der Waals surface area contributed by atoms with E-state index in [1.807, 2.05) is 30.4 Å². The third-order valence-electron chi connectivity index (χ3n) is 4.00. The Hall–Kier alpha value is -0.260. The lowest BCUT2D eigenvalue weighted by atomic mass is 10.00. The summed E-state index contributed by atoms with van der Waals surface area (Å²) < 4.78 is 28.7. The number of aryl methyl sites for hydroxylation is 1. The normalized spacial score (nSPS) is 27.6. The van der Waals surface area contributed by atoms with Crippen molar-refractivity contribution in [2.24, 2.45) is 0 Å². The smallest absolute Gasteiger partial charge is 0.133 e. The number of benzene rings is 1. The first-order chi connectivity index (χ1) is 9.95. The van der Waals surface area contributed by atoms with E-state index < -0.39 is 11.6 Å². The summed E-state index contributed by atoms with van der Waals surface area (Å²) in [5, 5.41) is 4.56. The topological polar surface area (TPSA) is 12.0 Å². The average Bonchev–Trinajstić information content (AvgIpc) is 2.45. The molecule has 1 aliphatic heterocycles. The van der Waals surface area contributed by atoms with Gasteiger partial charge in [-0.2, -0.15) is 23.5 Å². The van der Waals surface area contributed by atoms with Crippen molar-refractivity contribution >= 4 is 23.5 Å². The van der Waals surface area contributed by atoms with Gasteiger partial charge >= 0.3 is 0 Å². The SMILES string of the molecule is CCNC(c1c(F)ccc(C)c1F)C1CSC(C)C(C)S1. The predicted molar refractivity (Wildman–Crippen MR) is 90.3 cm³/mol. The number of nitrogens with one attached hydrogen (secondary N) is 1. The highest BCUT2D eigenvalue weighted by atomic mass is 32.2. The Morgan fingerprint density at radius 2 is 2.00 bits per heavy atom. The van der Waals surface area contributed by atoms with Gasteiger partial charge in [-0.25, -0.2) is 8.78 Å². The molecule has 4 atom stereocenters. The first-order valence-electron chi connectivity index (χ1n) is 7.40. The summed E-state index contributed by atoms with van der Waals surface area (Å²) in [7, 11) is 0. The Bertz CT molecular complexity index is 495. The minimum Gasteiger partial charge on any atom is -0.309 e. The molecular formula is C16H23F2NS2. The maximum absolute atomic E-state index is 14.5. The molecule has 1 fully saturated rings. The molecule has 21 heavy (non-hydrogen) atoms. The fourth-order valence-corrected chi connectivity index (χ4v) is 5.68. The molecule has 0 radical (unpaired) electrons. The van der Waals surface area contributed by atoms with Gasteiger partial charge in [-0.05, 0) is 25.1 Å². The fourth-order valence-electron chi connectivity index (χ4n) is 2.59. The van der Waals surface area contributed by atoms with Crippen LogP contribution in [0.5, 0.6) is 0 Å². The Labute approximate surface area is 134 Å². The van der Waals surface area contributed by atoms with Crippen molar-refractivity contribution in [1.82, 2.24) is 5.32 Å². The molecule has 1 saturated heterocycles. The van der Waals surface area contributed by atoms with Crippen molar-refractivity contribution < 1.29 is 8.78 Å². The monoisotopic (exact) mass is 331 g/mol. The van der Waals surface area contributed by atoms with Gasteiger partial charge in [0.05, 0.1) is 6.04 Å². The Balaban J connectivity index is 2.33. The zero-order chi connectivity index (χ0) is 15.6. The lowest BCUT2D eigenvalue weighted by molar-refractivity contribution is 0.470. The first kappa shape index (κ1) is 17.1. The highest BCUT2D eigenvalue weighted by Crippen LogP contribution is 2.42. The summed E-state index contributed by atoms with van der Waals surface area (Å²) in [5.41, 5.74) is 0.709. The van der Waals surface area contributed by atoms with Gasteiger partial charge in [0.1, 0.15) is 11.6 Å². The average molecular weight is 331 g/mol. The molecule has 0 spiro atoms. The maximum atomic E-state index is 14.5. The molecule has 0 saturated carbocycles. The third kappa shape index (κ3) is 3.74. The fraction of sp³-hybridized carbons (Fsp3) is 0.625. The van der Waals surface area contributed by atoms with Crippen molar-refractivity contribution in [3.8, 4) is 0 Å². The quantitative estimate of drug-likeness (QED) is 0.869. The van der Waals surface area contributed by atoms with Gasteiger partial charge in [-0.15, -0.1) is 0 Å². The van der Waals surface area contributed by atoms with E-state index in [-0.39, 0.29) is 16.9 Å². The summed E-state index contributed by atoms with van der Waals surface area (Å²) in [6.07, 6.45) is 0. The molecule has 1 aromatic rings. The van der Waals surface area contributed by atoms with Crippen LogP contribution in [0.4, 0.5) is 8.78 Å². The van der Waals surface area contributed by atoms with Gasteiger partial charge in [0, 0.05) is 27.1 Å². The Morgan fingerprint density at radius 1 is 1.29 bits per heavy atom. The van der Waals surface area contributed by atoms with E-state index >= 15 is 0 Å². The van der Waals surface area contributed by atoms with Crippen LogP contribution in [0.1, 0.15) is 37.9 Å². The first-order valence-corrected chi connectivity index (χ1v) is 9.39. The molecular weight excluding hydrogens is 308 g/mol. The molecule has 118 valence electrons. The van der Waals surface area contributed by atoms with E-state index in [4.69, 9.17) is 0 Å². The molecule has 1 aromatic carbocycles. The highest BCUT2D eigenvalue weighted by molar-refractivity contribution is 8.07. The van der Waals surface area contributed by atoms with Gasteiger partial charge < -0.3 is 5.32 Å². The van der Waals surface area contributed by atoms with Crippen LogP contribution in [-0.2, 0) is 0 Å². The highest BCUT2D eigenvalue weighted by Gasteiger charge is 2.34. The van der Waals surface area contributed by atoms with Crippen molar-refractivity contribution in [3.05, 3.63) is 34.9 Å². The van der Waals surface area contributed by atoms with Crippen LogP contribution in [0.15, 0.2) is 12.1 Å². The van der Waals surface area contributed by atoms with E-state index in [2.05, 4.69) is 19.2 Å². The largest absolute Gasteiger partial charge is 0.309 e. The number of hydrogen-bond acceptors (Lipinski definition) is 3. The van der Waals surface area contributed by atoms with Crippen molar-refractivity contribution in [2.75, 3.05) is 12.3 Å². The zero-order valence-electron chi connectivity index (χ0n) is 13.0. The second-order valence-electron chi connectivity index (χ2n) is 5.55. The second kappa shape index (κ2) is 7.34. The predicted octanol–water partition coefficient (Wildman–Crippen LogP) is 4.55. The summed E-state index contributed by atoms with van der Waals surface area (Å²) in [6, 6.07) is 2.61. The molecule has 1 aliphatic rings. The molecule has 1 nitrogen and oxygen atoms in total. The number of rotatable bonds is 4. The van der Waals surface area contributed by atoms with Crippen LogP contribution in [0.25, 0.3) is 0 Å². The third-order valence-corrected chi connectivity index (χ3v) is 7.50. The second-order valence-corrected chi connectivity index (χ2v) is 8.58. The molecule has 4 unspecified atom stereocenters. The Kier molecular flexibility index (Phi) is 5.97. The summed E-state index contributed by atoms with van der Waals surface area (Å²) in [6.45, 7) is 8.78. The molecule has 0 amide bonds. The standard InChI is InChI=1S/C16H23F2NS2/c1-5-19-16(13-8-20-10(3)11(4)21-13)14-12(17)7-6-9(2)15(14)18/h6-7,10-11,13,16,19H,5,8H2,1-4H3.